The van der Waals surface area contributed by atoms with Crippen molar-refractivity contribution < 1.29 is 17.9 Å². The lowest BCUT2D eigenvalue weighted by Gasteiger charge is -2.26. The predicted octanol–water partition coefficient (Wildman–Crippen LogP) is 3.13. The van der Waals surface area contributed by atoms with E-state index in [1.165, 1.54) is 0 Å². The molecule has 3 N–H and O–H groups in total. The molecule has 1 aromatic heterocycles. The lowest BCUT2D eigenvalue weighted by molar-refractivity contribution is -0.140. The third-order valence-electron chi connectivity index (χ3n) is 3.73. The lowest BCUT2D eigenvalue weighted by Crippen LogP contribution is -2.37. The van der Waals surface area contributed by atoms with Crippen molar-refractivity contribution in [1.82, 2.24) is 10.3 Å². The molecule has 1 aromatic carbocycles. The number of halogens is 3. The van der Waals surface area contributed by atoms with E-state index in [1.54, 1.807) is 0 Å². The molecular formula is C16H17F3N4OS. The van der Waals surface area contributed by atoms with Crippen molar-refractivity contribution in [2.24, 2.45) is 10.7 Å². The predicted molar refractivity (Wildman–Crippen MR) is 89.7 cm³/mol. The van der Waals surface area contributed by atoms with Crippen LogP contribution in [0.25, 0.3) is 0 Å². The molecule has 134 valence electrons. The van der Waals surface area contributed by atoms with Crippen LogP contribution >= 0.6 is 11.3 Å². The Bertz CT molecular complexity index is 760. The molecule has 0 amide bonds. The molecule has 1 aliphatic rings. The number of hydrogen-bond acceptors (Lipinski definition) is 4. The molecule has 0 saturated heterocycles. The largest absolute Gasteiger partial charge is 0.493 e. The summed E-state index contributed by atoms with van der Waals surface area (Å²) in [7, 11) is 0. The fourth-order valence-electron chi connectivity index (χ4n) is 2.54. The zero-order valence-corrected chi connectivity index (χ0v) is 14.0. The first-order chi connectivity index (χ1) is 11.9. The van der Waals surface area contributed by atoms with Gasteiger partial charge in [-0.05, 0) is 6.07 Å². The van der Waals surface area contributed by atoms with Crippen molar-refractivity contribution in [2.45, 2.75) is 25.1 Å². The summed E-state index contributed by atoms with van der Waals surface area (Å²) >= 11 is 0.976. The number of guanidine groups is 1. The van der Waals surface area contributed by atoms with Crippen LogP contribution in [0.1, 0.15) is 28.7 Å². The summed E-state index contributed by atoms with van der Waals surface area (Å²) in [6.45, 7) is 0.857. The molecule has 9 heteroatoms. The Labute approximate surface area is 146 Å². The Morgan fingerprint density at radius 2 is 2.20 bits per heavy atom. The van der Waals surface area contributed by atoms with Gasteiger partial charge in [0.15, 0.2) is 11.7 Å². The average molecular weight is 370 g/mol. The number of para-hydroxylation sites is 1. The Morgan fingerprint density at radius 1 is 1.40 bits per heavy atom. The summed E-state index contributed by atoms with van der Waals surface area (Å²) in [4.78, 5) is 7.76. The fourth-order valence-corrected chi connectivity index (χ4v) is 3.34. The number of ether oxygens (including phenoxy) is 1. The van der Waals surface area contributed by atoms with E-state index in [1.807, 2.05) is 24.3 Å². The van der Waals surface area contributed by atoms with Gasteiger partial charge in [-0.15, -0.1) is 11.3 Å². The number of fused-ring (bicyclic) bond motifs is 1. The summed E-state index contributed by atoms with van der Waals surface area (Å²) in [6, 6.07) is 7.70. The molecule has 1 aliphatic heterocycles. The van der Waals surface area contributed by atoms with E-state index in [4.69, 9.17) is 10.5 Å². The van der Waals surface area contributed by atoms with Gasteiger partial charge in [0.25, 0.3) is 0 Å². The number of nitrogens with zero attached hydrogens (tertiary/aromatic N) is 2. The highest BCUT2D eigenvalue weighted by Gasteiger charge is 2.33. The van der Waals surface area contributed by atoms with Gasteiger partial charge in [0.1, 0.15) is 5.75 Å². The maximum Gasteiger partial charge on any atom is 0.434 e. The number of alkyl halides is 3. The summed E-state index contributed by atoms with van der Waals surface area (Å²) in [5.74, 6) is 1.08. The first-order valence-electron chi connectivity index (χ1n) is 7.73. The van der Waals surface area contributed by atoms with Crippen molar-refractivity contribution >= 4 is 17.3 Å². The van der Waals surface area contributed by atoms with Crippen molar-refractivity contribution in [1.29, 1.82) is 0 Å². The normalized spacial score (nSPS) is 17.7. The summed E-state index contributed by atoms with van der Waals surface area (Å²) in [5, 5.41) is 4.54. The highest BCUT2D eigenvalue weighted by Crippen LogP contribution is 2.31. The van der Waals surface area contributed by atoms with Gasteiger partial charge in [-0.3, -0.25) is 4.99 Å². The van der Waals surface area contributed by atoms with Gasteiger partial charge in [0, 0.05) is 30.3 Å². The van der Waals surface area contributed by atoms with E-state index in [0.29, 0.717) is 18.0 Å². The monoisotopic (exact) mass is 370 g/mol. The maximum atomic E-state index is 12.5. The number of nitrogens with one attached hydrogen (secondary N) is 1. The van der Waals surface area contributed by atoms with Gasteiger partial charge in [0.05, 0.1) is 17.7 Å². The van der Waals surface area contributed by atoms with Crippen LogP contribution in [0.15, 0.2) is 34.6 Å². The molecular weight excluding hydrogens is 353 g/mol. The molecule has 0 spiro atoms. The minimum atomic E-state index is -4.41. The topological polar surface area (TPSA) is 72.5 Å². The van der Waals surface area contributed by atoms with E-state index in [0.717, 1.165) is 34.5 Å². The van der Waals surface area contributed by atoms with Crippen molar-refractivity contribution in [3.05, 3.63) is 45.9 Å². The number of thiazole rings is 1. The second-order valence-corrected chi connectivity index (χ2v) is 6.46. The van der Waals surface area contributed by atoms with Crippen LogP contribution in [0.5, 0.6) is 5.75 Å². The molecule has 0 saturated carbocycles. The molecule has 5 nitrogen and oxygen atoms in total. The number of benzene rings is 1. The van der Waals surface area contributed by atoms with E-state index < -0.39 is 11.9 Å². The van der Waals surface area contributed by atoms with E-state index in [9.17, 15) is 13.2 Å². The van der Waals surface area contributed by atoms with Gasteiger partial charge in [-0.2, -0.15) is 13.2 Å². The fraction of sp³-hybridized carbons (Fsp3) is 0.375. The number of nitrogens with two attached hydrogens (primary N) is 1. The summed E-state index contributed by atoms with van der Waals surface area (Å²) < 4.78 is 43.1. The Kier molecular flexibility index (Phi) is 5.12. The molecule has 1 atom stereocenters. The summed E-state index contributed by atoms with van der Waals surface area (Å²) in [6.07, 6.45) is -3.34. The Morgan fingerprint density at radius 3 is 2.96 bits per heavy atom. The van der Waals surface area contributed by atoms with E-state index in [-0.39, 0.29) is 18.5 Å². The first-order valence-corrected chi connectivity index (χ1v) is 8.61. The molecule has 0 fully saturated rings. The van der Waals surface area contributed by atoms with Gasteiger partial charge in [0.2, 0.25) is 0 Å². The molecule has 25 heavy (non-hydrogen) atoms. The van der Waals surface area contributed by atoms with Crippen molar-refractivity contribution in [3.63, 3.8) is 0 Å². The zero-order chi connectivity index (χ0) is 17.9. The van der Waals surface area contributed by atoms with Crippen LogP contribution in [-0.2, 0) is 12.6 Å². The van der Waals surface area contributed by atoms with Crippen LogP contribution in [-0.4, -0.2) is 24.1 Å². The van der Waals surface area contributed by atoms with Crippen LogP contribution in [0.4, 0.5) is 13.2 Å². The standard InChI is InChI=1S/C16H17F3N4OS/c17-16(18,19)13-9-25-14(23-13)5-7-21-15(20)22-11-6-8-24-12-4-2-1-3-10(11)12/h1-4,9,11H,5-8H2,(H3,20,21,22). The van der Waals surface area contributed by atoms with Gasteiger partial charge >= 0.3 is 6.18 Å². The molecule has 0 aliphatic carbocycles. The third kappa shape index (κ3) is 4.41. The first kappa shape index (κ1) is 17.5. The van der Waals surface area contributed by atoms with Crippen molar-refractivity contribution in [2.75, 3.05) is 13.2 Å². The molecule has 0 radical (unpaired) electrons. The average Bonchev–Trinajstić information content (AvgIpc) is 3.04. The molecule has 2 aromatic rings. The number of rotatable bonds is 4. The van der Waals surface area contributed by atoms with Gasteiger partial charge in [-0.25, -0.2) is 4.98 Å². The van der Waals surface area contributed by atoms with E-state index in [2.05, 4.69) is 15.3 Å². The quantitative estimate of drug-likeness (QED) is 0.641. The van der Waals surface area contributed by atoms with Gasteiger partial charge < -0.3 is 15.8 Å². The summed E-state index contributed by atoms with van der Waals surface area (Å²) in [5.41, 5.74) is 6.06. The number of hydrogen-bond donors (Lipinski definition) is 2. The van der Waals surface area contributed by atoms with Crippen LogP contribution in [0.2, 0.25) is 0 Å². The molecule has 3 rings (SSSR count). The third-order valence-corrected chi connectivity index (χ3v) is 4.64. The lowest BCUT2D eigenvalue weighted by atomic mass is 10.0. The number of aromatic nitrogens is 1. The molecule has 2 heterocycles. The van der Waals surface area contributed by atoms with Gasteiger partial charge in [-0.1, -0.05) is 18.2 Å². The SMILES string of the molecule is NC(=NCCc1nc(C(F)(F)F)cs1)NC1CCOc2ccccc21. The highest BCUT2D eigenvalue weighted by molar-refractivity contribution is 7.09. The van der Waals surface area contributed by atoms with Crippen LogP contribution < -0.4 is 15.8 Å². The second kappa shape index (κ2) is 7.30. The maximum absolute atomic E-state index is 12.5. The second-order valence-electron chi connectivity index (χ2n) is 5.51. The van der Waals surface area contributed by atoms with Crippen LogP contribution in [0, 0.1) is 0 Å². The molecule has 1 unspecified atom stereocenters. The highest BCUT2D eigenvalue weighted by atomic mass is 32.1. The number of aliphatic imine (C=N–C) groups is 1. The minimum Gasteiger partial charge on any atom is -0.493 e. The van der Waals surface area contributed by atoms with E-state index >= 15 is 0 Å². The smallest absolute Gasteiger partial charge is 0.434 e. The minimum absolute atomic E-state index is 0.00500. The molecule has 0 bridgehead atoms. The zero-order valence-electron chi connectivity index (χ0n) is 13.2. The Hall–Kier alpha value is -2.29. The Balaban J connectivity index is 1.56. The van der Waals surface area contributed by atoms with Crippen LogP contribution in [0.3, 0.4) is 0 Å². The van der Waals surface area contributed by atoms with Crippen molar-refractivity contribution in [3.8, 4) is 5.75 Å².